The van der Waals surface area contributed by atoms with Crippen LogP contribution in [0.2, 0.25) is 20.1 Å². The van der Waals surface area contributed by atoms with Crippen LogP contribution in [0.1, 0.15) is 33.0 Å². The largest absolute Gasteiger partial charge is 0.417 e. The number of anilines is 1. The van der Waals surface area contributed by atoms with Crippen molar-refractivity contribution in [1.82, 2.24) is 5.43 Å². The van der Waals surface area contributed by atoms with Crippen LogP contribution in [0.4, 0.5) is 40.8 Å². The molecule has 0 aliphatic heterocycles. The van der Waals surface area contributed by atoms with Gasteiger partial charge in [0.05, 0.1) is 31.2 Å². The smallest absolute Gasteiger partial charge is 0.294 e. The Morgan fingerprint density at radius 1 is 0.872 bits per heavy atom. The molecule has 0 saturated carbocycles. The number of hydrogen-bond donors (Lipinski definition) is 2. The Kier molecular flexibility index (Phi) is 9.31. The molecule has 15 heteroatoms. The maximum absolute atomic E-state index is 15.0. The first-order valence-corrected chi connectivity index (χ1v) is 11.8. The predicted octanol–water partition coefficient (Wildman–Crippen LogP) is 9.87. The van der Waals surface area contributed by atoms with Crippen molar-refractivity contribution >= 4 is 63.8 Å². The number of nitrogens with one attached hydrogen (secondary N) is 2. The van der Waals surface area contributed by atoms with Crippen LogP contribution in [0.15, 0.2) is 54.6 Å². The second-order valence-corrected chi connectivity index (χ2v) is 9.37. The molecule has 3 nitrogen and oxygen atoms in total. The SMILES string of the molecule is O=C(NNc1c(F)cccc1Cl)c1ccc(/C(F)=C/C(c2cc(Cl)c(Cl)c(Cl)c2)C(F)(F)F)cc1C(F)(F)F. The molecule has 3 aromatic rings. The minimum Gasteiger partial charge on any atom is -0.294 e. The minimum atomic E-state index is -5.24. The number of benzene rings is 3. The lowest BCUT2D eigenvalue weighted by Crippen LogP contribution is -2.31. The van der Waals surface area contributed by atoms with Crippen LogP contribution in [0.5, 0.6) is 0 Å². The molecule has 0 aliphatic rings. The summed E-state index contributed by atoms with van der Waals surface area (Å²) in [6.07, 6.45) is -10.3. The van der Waals surface area contributed by atoms with Crippen molar-refractivity contribution in [2.75, 3.05) is 5.43 Å². The van der Waals surface area contributed by atoms with Gasteiger partial charge in [-0.05, 0) is 48.0 Å². The molecule has 1 unspecified atom stereocenters. The third-order valence-corrected chi connectivity index (χ3v) is 6.65. The van der Waals surface area contributed by atoms with E-state index < -0.39 is 63.8 Å². The number of amides is 1. The summed E-state index contributed by atoms with van der Waals surface area (Å²) in [6.45, 7) is 0. The first-order valence-electron chi connectivity index (χ1n) is 10.3. The Morgan fingerprint density at radius 3 is 2.03 bits per heavy atom. The maximum Gasteiger partial charge on any atom is 0.417 e. The van der Waals surface area contributed by atoms with E-state index in [9.17, 15) is 39.9 Å². The van der Waals surface area contributed by atoms with E-state index >= 15 is 0 Å². The fraction of sp³-hybridized carbons (Fsp3) is 0.125. The molecule has 1 atom stereocenters. The molecule has 3 aromatic carbocycles. The standard InChI is InChI=1S/C24H12Cl4F8N2O/c25-15-2-1-3-18(29)21(15)37-38-22(39)12-5-4-10(6-14(12)24(34,35)36)19(30)9-13(23(31,32)33)11-7-16(26)20(28)17(27)8-11/h1-9,13,37H,(H,38,39)/b19-9-. The highest BCUT2D eigenvalue weighted by atomic mass is 35.5. The van der Waals surface area contributed by atoms with Gasteiger partial charge in [0.2, 0.25) is 0 Å². The van der Waals surface area contributed by atoms with Gasteiger partial charge >= 0.3 is 12.4 Å². The van der Waals surface area contributed by atoms with Crippen molar-refractivity contribution in [1.29, 1.82) is 0 Å². The van der Waals surface area contributed by atoms with Gasteiger partial charge in [-0.3, -0.25) is 15.6 Å². The highest BCUT2D eigenvalue weighted by Gasteiger charge is 2.41. The molecule has 3 rings (SSSR count). The van der Waals surface area contributed by atoms with E-state index in [1.165, 1.54) is 12.1 Å². The van der Waals surface area contributed by atoms with Gasteiger partial charge in [0.15, 0.2) is 0 Å². The van der Waals surface area contributed by atoms with Crippen molar-refractivity contribution in [2.45, 2.75) is 18.3 Å². The Labute approximate surface area is 235 Å². The summed E-state index contributed by atoms with van der Waals surface area (Å²) in [5.41, 5.74) is -0.795. The monoisotopic (exact) mass is 636 g/mol. The Hall–Kier alpha value is -2.73. The normalized spacial score (nSPS) is 13.3. The summed E-state index contributed by atoms with van der Waals surface area (Å²) in [6, 6.07) is 6.41. The van der Waals surface area contributed by atoms with Crippen molar-refractivity contribution in [3.8, 4) is 0 Å². The van der Waals surface area contributed by atoms with Crippen LogP contribution < -0.4 is 10.9 Å². The van der Waals surface area contributed by atoms with Gasteiger partial charge in [-0.25, -0.2) is 8.78 Å². The summed E-state index contributed by atoms with van der Waals surface area (Å²) in [5.74, 6) is -6.70. The fourth-order valence-electron chi connectivity index (χ4n) is 3.31. The third kappa shape index (κ3) is 7.27. The maximum atomic E-state index is 15.0. The summed E-state index contributed by atoms with van der Waals surface area (Å²) in [7, 11) is 0. The molecule has 0 saturated heterocycles. The van der Waals surface area contributed by atoms with Gasteiger partial charge in [0.1, 0.15) is 23.2 Å². The molecule has 0 aromatic heterocycles. The fourth-order valence-corrected chi connectivity index (χ4v) is 4.13. The number of rotatable bonds is 6. The molecule has 0 aliphatic carbocycles. The van der Waals surface area contributed by atoms with Crippen molar-refractivity contribution < 1.29 is 39.9 Å². The van der Waals surface area contributed by atoms with Gasteiger partial charge in [0, 0.05) is 5.56 Å². The summed E-state index contributed by atoms with van der Waals surface area (Å²) < 4.78 is 111. The number of alkyl halides is 6. The van der Waals surface area contributed by atoms with Crippen LogP contribution in [-0.2, 0) is 6.18 Å². The second-order valence-electron chi connectivity index (χ2n) is 7.77. The molecule has 39 heavy (non-hydrogen) atoms. The van der Waals surface area contributed by atoms with Crippen LogP contribution >= 0.6 is 46.4 Å². The van der Waals surface area contributed by atoms with E-state index in [1.54, 1.807) is 0 Å². The van der Waals surface area contributed by atoms with Crippen molar-refractivity contribution in [3.63, 3.8) is 0 Å². The lowest BCUT2D eigenvalue weighted by atomic mass is 9.95. The van der Waals surface area contributed by atoms with Crippen LogP contribution in [0.25, 0.3) is 5.83 Å². The molecule has 0 fully saturated rings. The molecule has 1 amide bonds. The second kappa shape index (κ2) is 11.8. The average Bonchev–Trinajstić information content (AvgIpc) is 2.83. The van der Waals surface area contributed by atoms with Gasteiger partial charge in [0.25, 0.3) is 5.91 Å². The first kappa shape index (κ1) is 30.8. The van der Waals surface area contributed by atoms with Gasteiger partial charge in [-0.2, -0.15) is 26.3 Å². The number of hydrazine groups is 1. The molecule has 0 spiro atoms. The third-order valence-electron chi connectivity index (χ3n) is 5.14. The molecule has 0 radical (unpaired) electrons. The molecular weight excluding hydrogens is 626 g/mol. The van der Waals surface area contributed by atoms with Crippen LogP contribution in [-0.4, -0.2) is 12.1 Å². The van der Waals surface area contributed by atoms with Gasteiger partial charge in [-0.15, -0.1) is 0 Å². The minimum absolute atomic E-state index is 0.0346. The quantitative estimate of drug-likeness (QED) is 0.160. The first-order chi connectivity index (χ1) is 18.0. The van der Waals surface area contributed by atoms with E-state index in [0.29, 0.717) is 12.1 Å². The van der Waals surface area contributed by atoms with E-state index in [-0.39, 0.29) is 32.2 Å². The zero-order chi connectivity index (χ0) is 29.3. The number of allylic oxidation sites excluding steroid dienone is 1. The molecule has 0 heterocycles. The van der Waals surface area contributed by atoms with Gasteiger partial charge in [-0.1, -0.05) is 58.5 Å². The molecule has 0 bridgehead atoms. The van der Waals surface area contributed by atoms with Crippen LogP contribution in [0.3, 0.4) is 0 Å². The van der Waals surface area contributed by atoms with E-state index in [2.05, 4.69) is 5.43 Å². The zero-order valence-corrected chi connectivity index (χ0v) is 21.7. The Balaban J connectivity index is 2.00. The Morgan fingerprint density at radius 2 is 1.49 bits per heavy atom. The molecule has 2 N–H and O–H groups in total. The lowest BCUT2D eigenvalue weighted by Gasteiger charge is -2.19. The predicted molar refractivity (Wildman–Crippen MR) is 133 cm³/mol. The number of carbonyl (C=O) groups is 1. The topological polar surface area (TPSA) is 41.1 Å². The van der Waals surface area contributed by atoms with Crippen molar-refractivity contribution in [3.05, 3.63) is 103 Å². The van der Waals surface area contributed by atoms with E-state index in [0.717, 1.165) is 18.2 Å². The summed E-state index contributed by atoms with van der Waals surface area (Å²) >= 11 is 23.1. The van der Waals surface area contributed by atoms with E-state index in [1.807, 2.05) is 5.43 Å². The lowest BCUT2D eigenvalue weighted by molar-refractivity contribution is -0.140. The summed E-state index contributed by atoms with van der Waals surface area (Å²) in [5, 5.41) is -1.16. The molecule has 208 valence electrons. The number of carbonyl (C=O) groups excluding carboxylic acids is 1. The number of para-hydroxylation sites is 1. The molecular formula is C24H12Cl4F8N2O. The number of hydrogen-bond acceptors (Lipinski definition) is 2. The van der Waals surface area contributed by atoms with E-state index in [4.69, 9.17) is 46.4 Å². The Bertz CT molecular complexity index is 1400. The summed E-state index contributed by atoms with van der Waals surface area (Å²) in [4.78, 5) is 12.4. The highest BCUT2D eigenvalue weighted by molar-refractivity contribution is 6.48. The number of halogens is 12. The highest BCUT2D eigenvalue weighted by Crippen LogP contribution is 2.43. The van der Waals surface area contributed by atoms with Crippen molar-refractivity contribution in [2.24, 2.45) is 0 Å². The average molecular weight is 638 g/mol. The van der Waals surface area contributed by atoms with Gasteiger partial charge < -0.3 is 0 Å². The zero-order valence-electron chi connectivity index (χ0n) is 18.7. The van der Waals surface area contributed by atoms with Crippen LogP contribution in [0, 0.1) is 5.82 Å².